The SMILES string of the molecule is CCn1c2c(sc1=NC(=O)c1cc(Cl)ccc1OC)CCc1ccccc1-2. The van der Waals surface area contributed by atoms with Gasteiger partial charge in [0.05, 0.1) is 18.4 Å². The van der Waals surface area contributed by atoms with Crippen LogP contribution in [0.1, 0.15) is 27.7 Å². The van der Waals surface area contributed by atoms with E-state index in [1.54, 1.807) is 29.5 Å². The minimum absolute atomic E-state index is 0.344. The number of hydrogen-bond donors (Lipinski definition) is 0. The van der Waals surface area contributed by atoms with Gasteiger partial charge in [0.1, 0.15) is 5.75 Å². The number of carbonyl (C=O) groups is 1. The van der Waals surface area contributed by atoms with Crippen LogP contribution in [0.15, 0.2) is 47.5 Å². The largest absolute Gasteiger partial charge is 0.496 e. The first-order chi connectivity index (χ1) is 13.1. The molecule has 138 valence electrons. The molecule has 0 spiro atoms. The fraction of sp³-hybridized carbons (Fsp3) is 0.238. The first-order valence-corrected chi connectivity index (χ1v) is 10.0. The van der Waals surface area contributed by atoms with Gasteiger partial charge >= 0.3 is 0 Å². The van der Waals surface area contributed by atoms with Gasteiger partial charge in [-0.25, -0.2) is 0 Å². The number of benzene rings is 2. The van der Waals surface area contributed by atoms with E-state index in [4.69, 9.17) is 16.3 Å². The Bertz CT molecular complexity index is 1100. The summed E-state index contributed by atoms with van der Waals surface area (Å²) in [7, 11) is 1.53. The average Bonchev–Trinajstić information content (AvgIpc) is 3.05. The van der Waals surface area contributed by atoms with Gasteiger partial charge in [0.25, 0.3) is 5.91 Å². The van der Waals surface area contributed by atoms with Crippen LogP contribution in [-0.2, 0) is 19.4 Å². The van der Waals surface area contributed by atoms with Crippen molar-refractivity contribution in [3.05, 3.63) is 68.3 Å². The van der Waals surface area contributed by atoms with Crippen LogP contribution in [0.25, 0.3) is 11.3 Å². The fourth-order valence-corrected chi connectivity index (χ4v) is 4.89. The summed E-state index contributed by atoms with van der Waals surface area (Å²) in [4.78, 5) is 19.3. The standard InChI is InChI=1S/C21H19ClN2O2S/c1-3-24-19-15-7-5-4-6-13(15)8-11-18(19)27-21(24)23-20(25)16-12-14(22)9-10-17(16)26-2/h4-7,9-10,12H,3,8,11H2,1-2H3. The topological polar surface area (TPSA) is 43.6 Å². The highest BCUT2D eigenvalue weighted by Crippen LogP contribution is 2.35. The number of nitrogens with zero attached hydrogens (tertiary/aromatic N) is 2. The van der Waals surface area contributed by atoms with Crippen LogP contribution >= 0.6 is 22.9 Å². The van der Waals surface area contributed by atoms with Crippen LogP contribution < -0.4 is 9.54 Å². The first kappa shape index (κ1) is 18.0. The maximum absolute atomic E-state index is 12.9. The molecule has 0 N–H and O–H groups in total. The summed E-state index contributed by atoms with van der Waals surface area (Å²) in [6.45, 7) is 2.83. The molecule has 0 aliphatic heterocycles. The molecular weight excluding hydrogens is 380 g/mol. The van der Waals surface area contributed by atoms with Gasteiger partial charge in [-0.15, -0.1) is 11.3 Å². The highest BCUT2D eigenvalue weighted by Gasteiger charge is 2.22. The lowest BCUT2D eigenvalue weighted by molar-refractivity contribution is 0.0995. The van der Waals surface area contributed by atoms with Gasteiger partial charge in [0.15, 0.2) is 4.80 Å². The Labute approximate surface area is 166 Å². The molecule has 1 aromatic heterocycles. The zero-order valence-corrected chi connectivity index (χ0v) is 16.7. The lowest BCUT2D eigenvalue weighted by atomic mass is 9.93. The Morgan fingerprint density at radius 1 is 1.26 bits per heavy atom. The van der Waals surface area contributed by atoms with Crippen molar-refractivity contribution in [3.63, 3.8) is 0 Å². The maximum atomic E-state index is 12.9. The van der Waals surface area contributed by atoms with Crippen molar-refractivity contribution < 1.29 is 9.53 Å². The smallest absolute Gasteiger partial charge is 0.283 e. The minimum Gasteiger partial charge on any atom is -0.496 e. The number of hydrogen-bond acceptors (Lipinski definition) is 3. The third-order valence-electron chi connectivity index (χ3n) is 4.78. The van der Waals surface area contributed by atoms with E-state index in [0.29, 0.717) is 21.1 Å². The predicted molar refractivity (Wildman–Crippen MR) is 109 cm³/mol. The molecule has 2 aromatic carbocycles. The molecule has 0 fully saturated rings. The van der Waals surface area contributed by atoms with Gasteiger partial charge < -0.3 is 9.30 Å². The Morgan fingerprint density at radius 3 is 2.85 bits per heavy atom. The Balaban J connectivity index is 1.86. The number of carbonyl (C=O) groups excluding carboxylic acids is 1. The number of fused-ring (bicyclic) bond motifs is 3. The van der Waals surface area contributed by atoms with Gasteiger partial charge in [-0.2, -0.15) is 4.99 Å². The van der Waals surface area contributed by atoms with Crippen molar-refractivity contribution in [2.24, 2.45) is 4.99 Å². The highest BCUT2D eigenvalue weighted by molar-refractivity contribution is 7.09. The lowest BCUT2D eigenvalue weighted by Gasteiger charge is -2.17. The van der Waals surface area contributed by atoms with Gasteiger partial charge in [-0.1, -0.05) is 35.9 Å². The van der Waals surface area contributed by atoms with Crippen LogP contribution in [0.3, 0.4) is 0 Å². The third kappa shape index (κ3) is 3.22. The molecule has 27 heavy (non-hydrogen) atoms. The quantitative estimate of drug-likeness (QED) is 0.639. The van der Waals surface area contributed by atoms with Crippen LogP contribution in [0, 0.1) is 0 Å². The molecule has 0 saturated carbocycles. The van der Waals surface area contributed by atoms with E-state index in [9.17, 15) is 4.79 Å². The molecule has 1 aliphatic rings. The van der Waals surface area contributed by atoms with Crippen molar-refractivity contribution >= 4 is 28.8 Å². The van der Waals surface area contributed by atoms with E-state index in [2.05, 4.69) is 40.7 Å². The third-order valence-corrected chi connectivity index (χ3v) is 6.15. The Kier molecular flexibility index (Phi) is 4.89. The highest BCUT2D eigenvalue weighted by atomic mass is 35.5. The molecular formula is C21H19ClN2O2S. The molecule has 0 atom stereocenters. The fourth-order valence-electron chi connectivity index (χ4n) is 3.51. The van der Waals surface area contributed by atoms with Crippen LogP contribution in [0.4, 0.5) is 0 Å². The number of rotatable bonds is 3. The summed E-state index contributed by atoms with van der Waals surface area (Å²) in [6.07, 6.45) is 1.99. The molecule has 1 heterocycles. The van der Waals surface area contributed by atoms with Crippen LogP contribution in [0.2, 0.25) is 5.02 Å². The van der Waals surface area contributed by atoms with Gasteiger partial charge in [0.2, 0.25) is 0 Å². The van der Waals surface area contributed by atoms with Gasteiger partial charge in [0, 0.05) is 22.0 Å². The van der Waals surface area contributed by atoms with Crippen molar-refractivity contribution in [1.29, 1.82) is 0 Å². The number of amides is 1. The molecule has 0 radical (unpaired) electrons. The lowest BCUT2D eigenvalue weighted by Crippen LogP contribution is -2.18. The Morgan fingerprint density at radius 2 is 2.07 bits per heavy atom. The minimum atomic E-state index is -0.344. The second-order valence-electron chi connectivity index (χ2n) is 6.32. The van der Waals surface area contributed by atoms with Crippen molar-refractivity contribution in [2.75, 3.05) is 7.11 Å². The van der Waals surface area contributed by atoms with E-state index in [-0.39, 0.29) is 5.91 Å². The van der Waals surface area contributed by atoms with E-state index in [1.165, 1.54) is 28.8 Å². The molecule has 6 heteroatoms. The summed E-state index contributed by atoms with van der Waals surface area (Å²) in [5.41, 5.74) is 4.15. The molecule has 1 amide bonds. The first-order valence-electron chi connectivity index (χ1n) is 8.85. The maximum Gasteiger partial charge on any atom is 0.283 e. The number of halogens is 1. The zero-order chi connectivity index (χ0) is 19.0. The molecule has 3 aromatic rings. The second kappa shape index (κ2) is 7.33. The molecule has 4 rings (SSSR count). The molecule has 0 unspecified atom stereocenters. The summed E-state index contributed by atoms with van der Waals surface area (Å²) >= 11 is 7.66. The summed E-state index contributed by atoms with van der Waals surface area (Å²) < 4.78 is 7.43. The van der Waals surface area contributed by atoms with Crippen molar-refractivity contribution in [3.8, 4) is 17.0 Å². The number of aromatic nitrogens is 1. The van der Waals surface area contributed by atoms with Crippen LogP contribution in [-0.4, -0.2) is 17.6 Å². The summed E-state index contributed by atoms with van der Waals surface area (Å²) in [6, 6.07) is 13.5. The molecule has 4 nitrogen and oxygen atoms in total. The molecule has 0 bridgehead atoms. The second-order valence-corrected chi connectivity index (χ2v) is 7.82. The van der Waals surface area contributed by atoms with Gasteiger partial charge in [-0.05, 0) is 43.5 Å². The number of thiazole rings is 1. The summed E-state index contributed by atoms with van der Waals surface area (Å²) in [5.74, 6) is 0.131. The van der Waals surface area contributed by atoms with E-state index >= 15 is 0 Å². The zero-order valence-electron chi connectivity index (χ0n) is 15.2. The van der Waals surface area contributed by atoms with Crippen molar-refractivity contribution in [2.45, 2.75) is 26.3 Å². The number of ether oxygens (including phenoxy) is 1. The Hall–Kier alpha value is -2.37. The van der Waals surface area contributed by atoms with E-state index in [0.717, 1.165) is 19.4 Å². The van der Waals surface area contributed by atoms with Gasteiger partial charge in [-0.3, -0.25) is 4.79 Å². The normalized spacial score (nSPS) is 13.2. The predicted octanol–water partition coefficient (Wildman–Crippen LogP) is 4.74. The molecule has 0 saturated heterocycles. The van der Waals surface area contributed by atoms with Crippen LogP contribution in [0.5, 0.6) is 5.75 Å². The summed E-state index contributed by atoms with van der Waals surface area (Å²) in [5, 5.41) is 0.483. The number of aryl methyl sites for hydroxylation is 2. The molecule has 1 aliphatic carbocycles. The van der Waals surface area contributed by atoms with E-state index in [1.807, 2.05) is 0 Å². The number of methoxy groups -OCH3 is 1. The van der Waals surface area contributed by atoms with Crippen molar-refractivity contribution in [1.82, 2.24) is 4.57 Å². The average molecular weight is 399 g/mol. The van der Waals surface area contributed by atoms with E-state index < -0.39 is 0 Å². The monoisotopic (exact) mass is 398 g/mol.